The van der Waals surface area contributed by atoms with Crippen LogP contribution in [0.25, 0.3) is 0 Å². The van der Waals surface area contributed by atoms with Crippen LogP contribution in [0.5, 0.6) is 5.75 Å². The molecule has 182 valence electrons. The molecule has 5 rings (SSSR count). The lowest BCUT2D eigenvalue weighted by atomic mass is 9.89. The lowest BCUT2D eigenvalue weighted by Crippen LogP contribution is -2.75. The number of aromatic nitrogens is 4. The molecule has 4 heterocycles. The highest BCUT2D eigenvalue weighted by Crippen LogP contribution is 2.46. The van der Waals surface area contributed by atoms with Gasteiger partial charge in [0, 0.05) is 17.0 Å². The van der Waals surface area contributed by atoms with Gasteiger partial charge in [0.2, 0.25) is 11.1 Å². The summed E-state index contributed by atoms with van der Waals surface area (Å²) in [6.07, 6.45) is -2.11. The molecule has 1 aromatic carbocycles. The maximum absolute atomic E-state index is 12.6. The van der Waals surface area contributed by atoms with Crippen LogP contribution in [-0.2, 0) is 25.7 Å². The second-order valence-electron chi connectivity index (χ2n) is 7.79. The van der Waals surface area contributed by atoms with Crippen LogP contribution in [0.3, 0.4) is 0 Å². The first-order valence-electron chi connectivity index (χ1n) is 10.1. The molecular formula is C19H17N7O8S. The highest BCUT2D eigenvalue weighted by molar-refractivity contribution is 7.99. The molecule has 3 atom stereocenters. The number of phenolic OH excluding ortho intramolecular Hbond substituents is 1. The van der Waals surface area contributed by atoms with Gasteiger partial charge in [0.25, 0.3) is 5.91 Å². The van der Waals surface area contributed by atoms with Crippen molar-refractivity contribution >= 4 is 41.3 Å². The zero-order valence-corrected chi connectivity index (χ0v) is 18.5. The Balaban J connectivity index is 1.30. The molecule has 1 aromatic heterocycles. The number of tetrazole rings is 1. The smallest absolute Gasteiger partial charge is 0.409 e. The second-order valence-corrected chi connectivity index (χ2v) is 8.74. The molecule has 3 aliphatic rings. The van der Waals surface area contributed by atoms with Gasteiger partial charge in [-0.3, -0.25) is 19.4 Å². The van der Waals surface area contributed by atoms with Crippen molar-refractivity contribution in [3.05, 3.63) is 35.5 Å². The van der Waals surface area contributed by atoms with E-state index in [1.807, 2.05) is 0 Å². The van der Waals surface area contributed by atoms with E-state index in [1.165, 1.54) is 28.9 Å². The predicted molar refractivity (Wildman–Crippen MR) is 114 cm³/mol. The monoisotopic (exact) mass is 503 g/mol. The molecule has 0 aliphatic carbocycles. The van der Waals surface area contributed by atoms with E-state index < -0.39 is 42.1 Å². The number of hydrogen-bond acceptors (Lipinski definition) is 10. The molecule has 2 aromatic rings. The first-order valence-corrected chi connectivity index (χ1v) is 11.1. The Morgan fingerprint density at radius 2 is 1.94 bits per heavy atom. The lowest BCUT2D eigenvalue weighted by Gasteiger charge is -2.51. The largest absolute Gasteiger partial charge is 0.508 e. The summed E-state index contributed by atoms with van der Waals surface area (Å²) in [5.74, 6) is -2.29. The molecule has 0 radical (unpaired) electrons. The number of ether oxygens (including phenoxy) is 1. The third-order valence-electron chi connectivity index (χ3n) is 5.79. The summed E-state index contributed by atoms with van der Waals surface area (Å²) in [6.45, 7) is -0.596. The lowest BCUT2D eigenvalue weighted by molar-refractivity contribution is -0.182. The van der Waals surface area contributed by atoms with Crippen LogP contribution in [0.15, 0.2) is 40.7 Å². The van der Waals surface area contributed by atoms with Gasteiger partial charge in [-0.05, 0) is 34.7 Å². The number of thioether (sulfide) groups is 1. The third-order valence-corrected chi connectivity index (χ3v) is 6.79. The number of hydrogen-bond donors (Lipinski definition) is 4. The van der Waals surface area contributed by atoms with Crippen LogP contribution in [0.2, 0.25) is 0 Å². The number of nitrogens with zero attached hydrogens (tertiary/aromatic N) is 6. The quantitative estimate of drug-likeness (QED) is 0.212. The molecule has 2 fully saturated rings. The molecule has 3 amide bonds. The molecule has 4 N–H and O–H groups in total. The number of nitrogens with one attached hydrogen (secondary N) is 1. The number of carboxylic acids is 1. The Bertz CT molecular complexity index is 1260. The Morgan fingerprint density at radius 3 is 2.63 bits per heavy atom. The summed E-state index contributed by atoms with van der Waals surface area (Å²) in [5.41, 5.74) is 0.521. The van der Waals surface area contributed by atoms with Gasteiger partial charge < -0.3 is 25.4 Å². The van der Waals surface area contributed by atoms with Crippen LogP contribution in [0, 0.1) is 0 Å². The molecule has 0 bridgehead atoms. The molecule has 15 nitrogen and oxygen atoms in total. The van der Waals surface area contributed by atoms with Crippen LogP contribution in [0.4, 0.5) is 10.5 Å². The molecule has 0 spiro atoms. The number of β-lactam (4-membered cyclic amide) rings is 1. The summed E-state index contributed by atoms with van der Waals surface area (Å²) in [4.78, 5) is 50.3. The standard InChI is InChI=1S/C19H17N7O8S/c27-9-3-1-8(2-4-9)20-11(28)5-25-18(21-22-23-25)35-6-10-12(17(30)31)26-13-14(16(26)29)24(19(32)33)7-34-15(10)13/h1-4,13-15,27H,5-7H2,(H,20,28)(H,30,31)(H,32,33)/t13-,14-,15?/m0/s1. The first-order chi connectivity index (χ1) is 16.8. The van der Waals surface area contributed by atoms with E-state index in [-0.39, 0.29) is 35.6 Å². The summed E-state index contributed by atoms with van der Waals surface area (Å²) >= 11 is 1.05. The number of anilines is 1. The maximum atomic E-state index is 12.6. The molecule has 16 heteroatoms. The van der Waals surface area contributed by atoms with Gasteiger partial charge in [0.1, 0.15) is 36.9 Å². The number of aromatic hydroxyl groups is 1. The number of benzene rings is 1. The van der Waals surface area contributed by atoms with Gasteiger partial charge in [-0.2, -0.15) is 0 Å². The average molecular weight is 503 g/mol. The number of carboxylic acid groups (broad SMARTS) is 2. The van der Waals surface area contributed by atoms with Crippen LogP contribution in [-0.4, -0.2) is 99.9 Å². The average Bonchev–Trinajstić information content (AvgIpc) is 3.38. The molecule has 35 heavy (non-hydrogen) atoms. The maximum Gasteiger partial charge on any atom is 0.409 e. The minimum absolute atomic E-state index is 0.0341. The first kappa shape index (κ1) is 22.6. The van der Waals surface area contributed by atoms with Crippen LogP contribution >= 0.6 is 11.8 Å². The Morgan fingerprint density at radius 1 is 1.20 bits per heavy atom. The van der Waals surface area contributed by atoms with Crippen molar-refractivity contribution in [2.24, 2.45) is 0 Å². The van der Waals surface area contributed by atoms with Crippen molar-refractivity contribution in [2.75, 3.05) is 17.8 Å². The number of carbonyl (C=O) groups excluding carboxylic acids is 2. The number of amides is 3. The van der Waals surface area contributed by atoms with Gasteiger partial charge in [-0.1, -0.05) is 11.8 Å². The normalized spacial score (nSPS) is 22.6. The zero-order valence-electron chi connectivity index (χ0n) is 17.6. The van der Waals surface area contributed by atoms with E-state index in [0.717, 1.165) is 21.6 Å². The minimum Gasteiger partial charge on any atom is -0.508 e. The van der Waals surface area contributed by atoms with E-state index in [4.69, 9.17) is 4.74 Å². The number of aliphatic carboxylic acids is 1. The van der Waals surface area contributed by atoms with Gasteiger partial charge in [0.15, 0.2) is 0 Å². The highest BCUT2D eigenvalue weighted by atomic mass is 32.2. The fraction of sp³-hybridized carbons (Fsp3) is 0.316. The van der Waals surface area contributed by atoms with Gasteiger partial charge in [0.05, 0.1) is 6.04 Å². The van der Waals surface area contributed by atoms with E-state index in [1.54, 1.807) is 0 Å². The second kappa shape index (κ2) is 8.55. The van der Waals surface area contributed by atoms with Crippen molar-refractivity contribution < 1.29 is 39.2 Å². The van der Waals surface area contributed by atoms with Crippen molar-refractivity contribution in [3.63, 3.8) is 0 Å². The van der Waals surface area contributed by atoms with Gasteiger partial charge >= 0.3 is 12.1 Å². The van der Waals surface area contributed by atoms with Crippen LogP contribution in [0.1, 0.15) is 0 Å². The predicted octanol–water partition coefficient (Wildman–Crippen LogP) is -0.622. The number of phenols is 1. The number of rotatable bonds is 7. The van der Waals surface area contributed by atoms with Crippen molar-refractivity contribution in [1.29, 1.82) is 0 Å². The van der Waals surface area contributed by atoms with Gasteiger partial charge in [-0.25, -0.2) is 14.3 Å². The summed E-state index contributed by atoms with van der Waals surface area (Å²) in [6, 6.07) is 4.14. The zero-order chi connectivity index (χ0) is 24.9. The summed E-state index contributed by atoms with van der Waals surface area (Å²) in [5, 5.41) is 42.5. The Kier molecular flexibility index (Phi) is 5.52. The minimum atomic E-state index is -1.33. The molecule has 1 unspecified atom stereocenters. The molecular weight excluding hydrogens is 486 g/mol. The Labute approximate surface area is 199 Å². The fourth-order valence-electron chi connectivity index (χ4n) is 4.30. The van der Waals surface area contributed by atoms with Gasteiger partial charge in [-0.15, -0.1) is 5.10 Å². The molecule has 3 aliphatic heterocycles. The highest BCUT2D eigenvalue weighted by Gasteiger charge is 2.65. The van der Waals surface area contributed by atoms with E-state index in [2.05, 4.69) is 20.8 Å². The van der Waals surface area contributed by atoms with Crippen molar-refractivity contribution in [3.8, 4) is 5.75 Å². The summed E-state index contributed by atoms with van der Waals surface area (Å²) < 4.78 is 6.86. The number of carbonyl (C=O) groups is 4. The summed E-state index contributed by atoms with van der Waals surface area (Å²) in [7, 11) is 0. The molecule has 0 saturated carbocycles. The third kappa shape index (κ3) is 3.81. The van der Waals surface area contributed by atoms with Crippen molar-refractivity contribution in [2.45, 2.75) is 29.9 Å². The molecule has 2 saturated heterocycles. The van der Waals surface area contributed by atoms with Crippen molar-refractivity contribution in [1.82, 2.24) is 30.0 Å². The van der Waals surface area contributed by atoms with E-state index in [0.29, 0.717) is 11.3 Å². The van der Waals surface area contributed by atoms with E-state index >= 15 is 0 Å². The van der Waals surface area contributed by atoms with E-state index in [9.17, 15) is 34.5 Å². The topological polar surface area (TPSA) is 200 Å². The Hall–Kier alpha value is -4.18. The fourth-order valence-corrected chi connectivity index (χ4v) is 5.23. The SMILES string of the molecule is O=C(Cn1nnnc1SCC1=C(C(=O)O)N2C(=O)[C@@H]3[C@H]2C1OCN3C(=O)O)Nc1ccc(O)cc1. The van der Waals surface area contributed by atoms with Crippen LogP contribution < -0.4 is 5.32 Å².